The van der Waals surface area contributed by atoms with Crippen LogP contribution >= 0.6 is 0 Å². The molecular weight excluding hydrogens is 214 g/mol. The molecule has 0 unspecified atom stereocenters. The normalized spacial score (nSPS) is 14.1. The maximum absolute atomic E-state index is 12.1. The monoisotopic (exact) mass is 233 g/mol. The second-order valence-corrected chi connectivity index (χ2v) is 4.32. The van der Waals surface area contributed by atoms with Crippen LogP contribution in [0.1, 0.15) is 32.6 Å². The molecule has 1 amide bonds. The maximum Gasteiger partial charge on any atom is 0.227 e. The van der Waals surface area contributed by atoms with E-state index in [9.17, 15) is 4.79 Å². The third-order valence-electron chi connectivity index (χ3n) is 3.02. The van der Waals surface area contributed by atoms with Crippen molar-refractivity contribution in [1.29, 1.82) is 0 Å². The van der Waals surface area contributed by atoms with E-state index in [0.29, 0.717) is 19.6 Å². The number of unbranched alkanes of at least 4 members (excludes halogenated alkanes) is 2. The van der Waals surface area contributed by atoms with Crippen molar-refractivity contribution in [2.45, 2.75) is 32.6 Å². The van der Waals surface area contributed by atoms with Gasteiger partial charge in [-0.3, -0.25) is 4.79 Å². The van der Waals surface area contributed by atoms with Crippen molar-refractivity contribution in [1.82, 2.24) is 0 Å². The number of ether oxygens (including phenoxy) is 1. The van der Waals surface area contributed by atoms with Gasteiger partial charge in [0.25, 0.3) is 0 Å². The van der Waals surface area contributed by atoms with E-state index in [1.54, 1.807) is 0 Å². The molecule has 0 spiro atoms. The maximum atomic E-state index is 12.1. The van der Waals surface area contributed by atoms with Gasteiger partial charge < -0.3 is 9.64 Å². The smallest absolute Gasteiger partial charge is 0.227 e. The lowest BCUT2D eigenvalue weighted by atomic mass is 10.1. The van der Waals surface area contributed by atoms with E-state index in [0.717, 1.165) is 30.7 Å². The molecule has 0 bridgehead atoms. The van der Waals surface area contributed by atoms with Crippen molar-refractivity contribution < 1.29 is 9.53 Å². The van der Waals surface area contributed by atoms with Crippen LogP contribution in [0, 0.1) is 0 Å². The Hall–Kier alpha value is -1.51. The van der Waals surface area contributed by atoms with Crippen molar-refractivity contribution in [3.63, 3.8) is 0 Å². The Balaban J connectivity index is 2.05. The van der Waals surface area contributed by atoms with Gasteiger partial charge in [0.05, 0.1) is 12.2 Å². The predicted octanol–water partition coefficient (Wildman–Crippen LogP) is 2.99. The summed E-state index contributed by atoms with van der Waals surface area (Å²) in [4.78, 5) is 14.0. The first-order chi connectivity index (χ1) is 8.33. The van der Waals surface area contributed by atoms with E-state index < -0.39 is 0 Å². The first-order valence-electron chi connectivity index (χ1n) is 6.35. The highest BCUT2D eigenvalue weighted by Gasteiger charge is 2.22. The molecule has 0 saturated carbocycles. The lowest BCUT2D eigenvalue weighted by Crippen LogP contribution is -2.37. The molecule has 3 heteroatoms. The van der Waals surface area contributed by atoms with Crippen LogP contribution in [0.25, 0.3) is 0 Å². The highest BCUT2D eigenvalue weighted by atomic mass is 16.5. The largest absolute Gasteiger partial charge is 0.490 e. The summed E-state index contributed by atoms with van der Waals surface area (Å²) in [7, 11) is 0. The van der Waals surface area contributed by atoms with Gasteiger partial charge in [0.15, 0.2) is 0 Å². The number of carbonyl (C=O) groups is 1. The molecule has 0 aromatic heterocycles. The number of hydrogen-bond donors (Lipinski definition) is 0. The van der Waals surface area contributed by atoms with Gasteiger partial charge in [-0.25, -0.2) is 0 Å². The Morgan fingerprint density at radius 2 is 2.18 bits per heavy atom. The Kier molecular flexibility index (Phi) is 4.02. The summed E-state index contributed by atoms with van der Waals surface area (Å²) in [6, 6.07) is 7.75. The van der Waals surface area contributed by atoms with E-state index >= 15 is 0 Å². The van der Waals surface area contributed by atoms with E-state index in [-0.39, 0.29) is 5.91 Å². The number of fused-ring (bicyclic) bond motifs is 1. The zero-order chi connectivity index (χ0) is 12.1. The molecule has 0 saturated heterocycles. The number of benzene rings is 1. The summed E-state index contributed by atoms with van der Waals surface area (Å²) in [5.41, 5.74) is 0.917. The van der Waals surface area contributed by atoms with Crippen LogP contribution in [-0.2, 0) is 4.79 Å². The fourth-order valence-electron chi connectivity index (χ4n) is 2.09. The lowest BCUT2D eigenvalue weighted by Gasteiger charge is -2.29. The molecule has 1 aliphatic rings. The first kappa shape index (κ1) is 12.0. The molecular formula is C14H19NO2. The Bertz CT molecular complexity index is 390. The van der Waals surface area contributed by atoms with E-state index in [2.05, 4.69) is 6.92 Å². The van der Waals surface area contributed by atoms with Crippen LogP contribution in [0.2, 0.25) is 0 Å². The molecule has 0 fully saturated rings. The Morgan fingerprint density at radius 1 is 1.35 bits per heavy atom. The molecule has 1 aliphatic heterocycles. The van der Waals surface area contributed by atoms with Crippen LogP contribution in [0.15, 0.2) is 24.3 Å². The summed E-state index contributed by atoms with van der Waals surface area (Å²) in [6.45, 7) is 3.41. The molecule has 1 aromatic carbocycles. The summed E-state index contributed by atoms with van der Waals surface area (Å²) in [6.07, 6.45) is 3.89. The molecule has 0 N–H and O–H groups in total. The number of hydrogen-bond acceptors (Lipinski definition) is 2. The van der Waals surface area contributed by atoms with E-state index in [4.69, 9.17) is 4.74 Å². The van der Waals surface area contributed by atoms with Crippen LogP contribution in [0.5, 0.6) is 5.75 Å². The lowest BCUT2D eigenvalue weighted by molar-refractivity contribution is -0.119. The standard InChI is InChI=1S/C14H19NO2/c1-2-3-4-9-14(16)15-10-11-17-13-8-6-5-7-12(13)15/h5-8H,2-4,9-11H2,1H3. The number of amides is 1. The predicted molar refractivity (Wildman–Crippen MR) is 68.4 cm³/mol. The third-order valence-corrected chi connectivity index (χ3v) is 3.02. The second kappa shape index (κ2) is 5.71. The Labute approximate surface area is 102 Å². The van der Waals surface area contributed by atoms with Crippen molar-refractivity contribution in [2.75, 3.05) is 18.1 Å². The summed E-state index contributed by atoms with van der Waals surface area (Å²) < 4.78 is 5.54. The number of rotatable bonds is 4. The fourth-order valence-corrected chi connectivity index (χ4v) is 2.09. The fraction of sp³-hybridized carbons (Fsp3) is 0.500. The SMILES string of the molecule is CCCCCC(=O)N1CCOc2ccccc21. The average Bonchev–Trinajstić information content (AvgIpc) is 2.38. The van der Waals surface area contributed by atoms with Gasteiger partial charge in [0.1, 0.15) is 12.4 Å². The van der Waals surface area contributed by atoms with Crippen LogP contribution in [0.4, 0.5) is 5.69 Å². The van der Waals surface area contributed by atoms with Crippen molar-refractivity contribution >= 4 is 11.6 Å². The summed E-state index contributed by atoms with van der Waals surface area (Å²) in [5.74, 6) is 1.04. The van der Waals surface area contributed by atoms with Gasteiger partial charge in [-0.05, 0) is 18.6 Å². The van der Waals surface area contributed by atoms with Gasteiger partial charge in [-0.1, -0.05) is 31.9 Å². The zero-order valence-corrected chi connectivity index (χ0v) is 10.3. The number of para-hydroxylation sites is 2. The number of nitrogens with zero attached hydrogens (tertiary/aromatic N) is 1. The van der Waals surface area contributed by atoms with E-state index in [1.165, 1.54) is 0 Å². The van der Waals surface area contributed by atoms with Crippen LogP contribution in [0.3, 0.4) is 0 Å². The molecule has 0 atom stereocenters. The van der Waals surface area contributed by atoms with Crippen molar-refractivity contribution in [2.24, 2.45) is 0 Å². The van der Waals surface area contributed by atoms with Gasteiger partial charge in [-0.2, -0.15) is 0 Å². The van der Waals surface area contributed by atoms with Gasteiger partial charge in [0.2, 0.25) is 5.91 Å². The van der Waals surface area contributed by atoms with Gasteiger partial charge in [-0.15, -0.1) is 0 Å². The van der Waals surface area contributed by atoms with Gasteiger partial charge in [0, 0.05) is 6.42 Å². The van der Waals surface area contributed by atoms with Crippen molar-refractivity contribution in [3.05, 3.63) is 24.3 Å². The van der Waals surface area contributed by atoms with Crippen LogP contribution < -0.4 is 9.64 Å². The van der Waals surface area contributed by atoms with Crippen LogP contribution in [-0.4, -0.2) is 19.1 Å². The topological polar surface area (TPSA) is 29.5 Å². The Morgan fingerprint density at radius 3 is 3.00 bits per heavy atom. The minimum Gasteiger partial charge on any atom is -0.490 e. The molecule has 1 aromatic rings. The van der Waals surface area contributed by atoms with Crippen molar-refractivity contribution in [3.8, 4) is 5.75 Å². The van der Waals surface area contributed by atoms with Gasteiger partial charge >= 0.3 is 0 Å². The highest BCUT2D eigenvalue weighted by Crippen LogP contribution is 2.31. The summed E-state index contributed by atoms with van der Waals surface area (Å²) in [5, 5.41) is 0. The quantitative estimate of drug-likeness (QED) is 0.748. The second-order valence-electron chi connectivity index (χ2n) is 4.32. The minimum atomic E-state index is 0.217. The molecule has 92 valence electrons. The molecule has 2 rings (SSSR count). The molecule has 0 aliphatic carbocycles. The highest BCUT2D eigenvalue weighted by molar-refractivity contribution is 5.95. The average molecular weight is 233 g/mol. The number of carbonyl (C=O) groups excluding carboxylic acids is 1. The first-order valence-corrected chi connectivity index (χ1v) is 6.35. The minimum absolute atomic E-state index is 0.217. The molecule has 3 nitrogen and oxygen atoms in total. The number of anilines is 1. The molecule has 17 heavy (non-hydrogen) atoms. The van der Waals surface area contributed by atoms with E-state index in [1.807, 2.05) is 29.2 Å². The molecule has 1 heterocycles. The molecule has 0 radical (unpaired) electrons. The third kappa shape index (κ3) is 2.78. The summed E-state index contributed by atoms with van der Waals surface area (Å²) >= 11 is 0. The zero-order valence-electron chi connectivity index (χ0n) is 10.3.